The number of ether oxygens (including phenoxy) is 5. The summed E-state index contributed by atoms with van der Waals surface area (Å²) in [5, 5.41) is 0. The van der Waals surface area contributed by atoms with E-state index in [1.165, 1.54) is 23.0 Å². The summed E-state index contributed by atoms with van der Waals surface area (Å²) in [5.74, 6) is 1.78. The summed E-state index contributed by atoms with van der Waals surface area (Å²) in [6.45, 7) is 3.85. The molecule has 2 aromatic carbocycles. The van der Waals surface area contributed by atoms with Crippen molar-refractivity contribution in [2.45, 2.75) is 19.9 Å². The van der Waals surface area contributed by atoms with E-state index in [1.54, 1.807) is 51.3 Å². The van der Waals surface area contributed by atoms with Gasteiger partial charge in [0.25, 0.3) is 5.56 Å². The van der Waals surface area contributed by atoms with E-state index in [-0.39, 0.29) is 19.0 Å². The summed E-state index contributed by atoms with van der Waals surface area (Å²) in [6.07, 6.45) is 1.78. The van der Waals surface area contributed by atoms with E-state index < -0.39 is 12.0 Å². The number of nitrogens with zero attached hydrogens (tertiary/aromatic N) is 2. The maximum absolute atomic E-state index is 13.7. The van der Waals surface area contributed by atoms with E-state index in [0.717, 1.165) is 5.56 Å². The number of aromatic nitrogens is 1. The summed E-state index contributed by atoms with van der Waals surface area (Å²) in [6, 6.07) is 10.0. The van der Waals surface area contributed by atoms with Crippen molar-refractivity contribution in [3.8, 4) is 23.0 Å². The Kier molecular flexibility index (Phi) is 6.27. The number of carbonyl (C=O) groups excluding carboxylic acids is 1. The fraction of sp³-hybridized carbons (Fsp3) is 0.269. The molecule has 0 bridgehead atoms. The van der Waals surface area contributed by atoms with Gasteiger partial charge in [-0.2, -0.15) is 0 Å². The SMILES string of the molecule is CCOC(=O)C1=C(C)N=c2s/c(=C/c3ccc4c(c3)OCO4)c(=O)n2[C@@H]1c1ccc(OC)c(OC)c1. The van der Waals surface area contributed by atoms with E-state index in [9.17, 15) is 9.59 Å². The van der Waals surface area contributed by atoms with Crippen LogP contribution in [0.4, 0.5) is 0 Å². The molecule has 3 heterocycles. The molecule has 0 amide bonds. The molecule has 0 N–H and O–H groups in total. The predicted octanol–water partition coefficient (Wildman–Crippen LogP) is 2.54. The van der Waals surface area contributed by atoms with Crippen molar-refractivity contribution >= 4 is 23.4 Å². The quantitative estimate of drug-likeness (QED) is 0.472. The molecule has 0 spiro atoms. The molecule has 0 saturated heterocycles. The average molecular weight is 509 g/mol. The molecule has 3 aromatic rings. The van der Waals surface area contributed by atoms with Crippen molar-refractivity contribution in [2.75, 3.05) is 27.6 Å². The van der Waals surface area contributed by atoms with Gasteiger partial charge in [0.15, 0.2) is 27.8 Å². The summed E-state index contributed by atoms with van der Waals surface area (Å²) >= 11 is 1.25. The molecular weight excluding hydrogens is 484 g/mol. The van der Waals surface area contributed by atoms with E-state index in [0.29, 0.717) is 49.2 Å². The van der Waals surface area contributed by atoms with Crippen LogP contribution in [0.25, 0.3) is 6.08 Å². The topological polar surface area (TPSA) is 97.6 Å². The van der Waals surface area contributed by atoms with Crippen LogP contribution in [-0.2, 0) is 9.53 Å². The van der Waals surface area contributed by atoms with Crippen molar-refractivity contribution < 1.29 is 28.5 Å². The monoisotopic (exact) mass is 508 g/mol. The summed E-state index contributed by atoms with van der Waals surface area (Å²) in [7, 11) is 3.08. The van der Waals surface area contributed by atoms with Crippen molar-refractivity contribution in [3.63, 3.8) is 0 Å². The molecule has 36 heavy (non-hydrogen) atoms. The zero-order valence-corrected chi connectivity index (χ0v) is 21.0. The van der Waals surface area contributed by atoms with Crippen LogP contribution in [0, 0.1) is 0 Å². The second-order valence-corrected chi connectivity index (χ2v) is 9.04. The highest BCUT2D eigenvalue weighted by molar-refractivity contribution is 7.07. The minimum Gasteiger partial charge on any atom is -0.493 e. The first-order valence-electron chi connectivity index (χ1n) is 11.3. The Morgan fingerprint density at radius 2 is 1.92 bits per heavy atom. The maximum atomic E-state index is 13.7. The summed E-state index contributed by atoms with van der Waals surface area (Å²) in [5.41, 5.74) is 1.97. The van der Waals surface area contributed by atoms with Crippen LogP contribution >= 0.6 is 11.3 Å². The standard InChI is InChI=1S/C26H24N2O7S/c1-5-33-25(30)22-14(2)27-26-28(23(22)16-7-9-17(31-3)19(12-16)32-4)24(29)21(36-26)11-15-6-8-18-20(10-15)35-13-34-18/h6-12,23H,5,13H2,1-4H3/b21-11+/t23-/m1/s1. The Bertz CT molecular complexity index is 1570. The molecule has 0 radical (unpaired) electrons. The molecule has 0 unspecified atom stereocenters. The number of hydrogen-bond acceptors (Lipinski definition) is 9. The molecule has 10 heteroatoms. The third-order valence-electron chi connectivity index (χ3n) is 5.93. The minimum atomic E-state index is -0.751. The highest BCUT2D eigenvalue weighted by atomic mass is 32.1. The normalized spacial score (nSPS) is 16.4. The fourth-order valence-electron chi connectivity index (χ4n) is 4.28. The van der Waals surface area contributed by atoms with Gasteiger partial charge in [0.2, 0.25) is 6.79 Å². The molecule has 0 saturated carbocycles. The fourth-order valence-corrected chi connectivity index (χ4v) is 5.33. The number of esters is 1. The lowest BCUT2D eigenvalue weighted by molar-refractivity contribution is -0.139. The number of allylic oxidation sites excluding steroid dienone is 1. The van der Waals surface area contributed by atoms with Gasteiger partial charge in [-0.25, -0.2) is 9.79 Å². The van der Waals surface area contributed by atoms with Crippen LogP contribution in [0.15, 0.2) is 57.5 Å². The van der Waals surface area contributed by atoms with Crippen LogP contribution in [0.5, 0.6) is 23.0 Å². The van der Waals surface area contributed by atoms with Crippen LogP contribution in [0.1, 0.15) is 31.0 Å². The zero-order chi connectivity index (χ0) is 25.4. The predicted molar refractivity (Wildman–Crippen MR) is 133 cm³/mol. The van der Waals surface area contributed by atoms with Crippen molar-refractivity contribution in [2.24, 2.45) is 4.99 Å². The molecule has 0 fully saturated rings. The Labute approximate surface area is 210 Å². The third kappa shape index (κ3) is 4.03. The second-order valence-electron chi connectivity index (χ2n) is 8.03. The lowest BCUT2D eigenvalue weighted by atomic mass is 9.95. The van der Waals surface area contributed by atoms with Gasteiger partial charge in [0, 0.05) is 0 Å². The molecule has 2 aliphatic heterocycles. The van der Waals surface area contributed by atoms with E-state index in [1.807, 2.05) is 12.1 Å². The minimum absolute atomic E-state index is 0.169. The van der Waals surface area contributed by atoms with Crippen molar-refractivity contribution in [1.82, 2.24) is 4.57 Å². The first-order chi connectivity index (χ1) is 17.4. The van der Waals surface area contributed by atoms with Gasteiger partial charge < -0.3 is 23.7 Å². The number of benzene rings is 2. The summed E-state index contributed by atoms with van der Waals surface area (Å²) in [4.78, 5) is 31.9. The Balaban J connectivity index is 1.70. The second kappa shape index (κ2) is 9.54. The number of fused-ring (bicyclic) bond motifs is 2. The maximum Gasteiger partial charge on any atom is 0.338 e. The lowest BCUT2D eigenvalue weighted by Gasteiger charge is -2.25. The van der Waals surface area contributed by atoms with Crippen LogP contribution in [0.3, 0.4) is 0 Å². The Hall–Kier alpha value is -4.05. The number of methoxy groups -OCH3 is 2. The molecule has 0 aliphatic carbocycles. The van der Waals surface area contributed by atoms with E-state index in [4.69, 9.17) is 23.7 Å². The zero-order valence-electron chi connectivity index (χ0n) is 20.2. The number of carbonyl (C=O) groups is 1. The lowest BCUT2D eigenvalue weighted by Crippen LogP contribution is -2.39. The van der Waals surface area contributed by atoms with Crippen LogP contribution in [0.2, 0.25) is 0 Å². The molecule has 5 rings (SSSR count). The Morgan fingerprint density at radius 3 is 2.67 bits per heavy atom. The molecule has 186 valence electrons. The largest absolute Gasteiger partial charge is 0.493 e. The van der Waals surface area contributed by atoms with Gasteiger partial charge >= 0.3 is 5.97 Å². The highest BCUT2D eigenvalue weighted by Gasteiger charge is 2.34. The highest BCUT2D eigenvalue weighted by Crippen LogP contribution is 2.36. The summed E-state index contributed by atoms with van der Waals surface area (Å²) < 4.78 is 29.0. The van der Waals surface area contributed by atoms with Gasteiger partial charge in [-0.1, -0.05) is 23.5 Å². The number of hydrogen-bond donors (Lipinski definition) is 0. The van der Waals surface area contributed by atoms with E-state index in [2.05, 4.69) is 4.99 Å². The molecule has 1 atom stereocenters. The van der Waals surface area contributed by atoms with Gasteiger partial charge in [-0.3, -0.25) is 9.36 Å². The third-order valence-corrected chi connectivity index (χ3v) is 6.92. The van der Waals surface area contributed by atoms with Crippen LogP contribution in [-0.4, -0.2) is 38.2 Å². The Morgan fingerprint density at radius 1 is 1.14 bits per heavy atom. The average Bonchev–Trinajstić information content (AvgIpc) is 3.46. The van der Waals surface area contributed by atoms with Gasteiger partial charge in [-0.15, -0.1) is 0 Å². The number of thiazole rings is 1. The van der Waals surface area contributed by atoms with Crippen molar-refractivity contribution in [1.29, 1.82) is 0 Å². The van der Waals surface area contributed by atoms with E-state index >= 15 is 0 Å². The first kappa shape index (κ1) is 23.7. The molecular formula is C26H24N2O7S. The first-order valence-corrected chi connectivity index (χ1v) is 12.1. The smallest absolute Gasteiger partial charge is 0.338 e. The van der Waals surface area contributed by atoms with Crippen LogP contribution < -0.4 is 33.8 Å². The molecule has 1 aromatic heterocycles. The molecule has 9 nitrogen and oxygen atoms in total. The molecule has 2 aliphatic rings. The van der Waals surface area contributed by atoms with Gasteiger partial charge in [-0.05, 0) is 55.3 Å². The van der Waals surface area contributed by atoms with Gasteiger partial charge in [0.1, 0.15) is 0 Å². The van der Waals surface area contributed by atoms with Gasteiger partial charge in [0.05, 0.1) is 42.7 Å². The number of rotatable bonds is 6. The van der Waals surface area contributed by atoms with Crippen molar-refractivity contribution in [3.05, 3.63) is 78.5 Å².